The van der Waals surface area contributed by atoms with Gasteiger partial charge in [-0.3, -0.25) is 4.84 Å². The highest BCUT2D eigenvalue weighted by Gasteiger charge is 2.13. The first-order chi connectivity index (χ1) is 7.40. The highest BCUT2D eigenvalue weighted by molar-refractivity contribution is 6.23. The lowest BCUT2D eigenvalue weighted by atomic mass is 9.92. The summed E-state index contributed by atoms with van der Waals surface area (Å²) in [7, 11) is 0. The van der Waals surface area contributed by atoms with Gasteiger partial charge in [0.2, 0.25) is 0 Å². The Morgan fingerprint density at radius 3 is 2.07 bits per heavy atom. The van der Waals surface area contributed by atoms with E-state index in [0.29, 0.717) is 0 Å². The lowest BCUT2D eigenvalue weighted by Crippen LogP contribution is -1.96. The van der Waals surface area contributed by atoms with Crippen LogP contribution in [0.1, 0.15) is 50.0 Å². The largest absolute Gasteiger partial charge is 0.299 e. The van der Waals surface area contributed by atoms with Gasteiger partial charge >= 0.3 is 0 Å². The molecule has 0 radical (unpaired) electrons. The van der Waals surface area contributed by atoms with Crippen LogP contribution in [0.4, 0.5) is 5.69 Å². The van der Waals surface area contributed by atoms with E-state index in [4.69, 9.17) is 11.8 Å². The maximum Gasteiger partial charge on any atom is 0.0491 e. The van der Waals surface area contributed by atoms with Crippen molar-refractivity contribution in [2.24, 2.45) is 0 Å². The van der Waals surface area contributed by atoms with Gasteiger partial charge in [-0.1, -0.05) is 37.8 Å². The quantitative estimate of drug-likeness (QED) is 0.567. The van der Waals surface area contributed by atoms with Gasteiger partial charge < -0.3 is 0 Å². The van der Waals surface area contributed by atoms with Crippen molar-refractivity contribution in [3.63, 3.8) is 0 Å². The normalized spacial score (nSPS) is 18.5. The summed E-state index contributed by atoms with van der Waals surface area (Å²) in [6.45, 7) is 0. The van der Waals surface area contributed by atoms with E-state index in [1.165, 1.54) is 44.1 Å². The summed E-state index contributed by atoms with van der Waals surface area (Å²) in [5.41, 5.74) is 2.46. The number of nitrogens with one attached hydrogen (secondary N) is 1. The number of halogens is 1. The topological polar surface area (TPSA) is 12.0 Å². The standard InChI is InChI=1S/C13H18ClN/c14-15-13-9-7-12(8-10-13)11-5-3-1-2-4-6-11/h7-11,15H,1-6H2. The van der Waals surface area contributed by atoms with E-state index in [2.05, 4.69) is 29.1 Å². The predicted molar refractivity (Wildman–Crippen MR) is 66.4 cm³/mol. The molecule has 1 fully saturated rings. The molecule has 2 heteroatoms. The number of rotatable bonds is 2. The summed E-state index contributed by atoms with van der Waals surface area (Å²) in [6, 6.07) is 8.54. The maximum atomic E-state index is 5.54. The minimum atomic E-state index is 0.775. The van der Waals surface area contributed by atoms with Gasteiger partial charge in [0.05, 0.1) is 0 Å². The molecule has 1 aromatic carbocycles. The molecule has 0 bridgehead atoms. The fourth-order valence-corrected chi connectivity index (χ4v) is 2.56. The highest BCUT2D eigenvalue weighted by atomic mass is 35.5. The SMILES string of the molecule is ClNc1ccc(C2CCCCCC2)cc1. The number of hydrogen-bond acceptors (Lipinski definition) is 1. The minimum Gasteiger partial charge on any atom is -0.299 e. The third kappa shape index (κ3) is 2.88. The van der Waals surface area contributed by atoms with E-state index in [1.54, 1.807) is 0 Å². The summed E-state index contributed by atoms with van der Waals surface area (Å²) in [5.74, 6) is 0.775. The third-order valence-electron chi connectivity index (χ3n) is 3.35. The molecule has 15 heavy (non-hydrogen) atoms. The van der Waals surface area contributed by atoms with Gasteiger partial charge in [-0.15, -0.1) is 0 Å². The number of hydrogen-bond donors (Lipinski definition) is 1. The molecule has 1 saturated carbocycles. The summed E-state index contributed by atoms with van der Waals surface area (Å²) in [6.07, 6.45) is 8.32. The first kappa shape index (κ1) is 10.8. The Morgan fingerprint density at radius 1 is 0.933 bits per heavy atom. The third-order valence-corrected chi connectivity index (χ3v) is 3.56. The molecule has 0 amide bonds. The van der Waals surface area contributed by atoms with Crippen molar-refractivity contribution in [1.29, 1.82) is 0 Å². The van der Waals surface area contributed by atoms with Crippen LogP contribution in [0.2, 0.25) is 0 Å². The van der Waals surface area contributed by atoms with Crippen molar-refractivity contribution in [3.05, 3.63) is 29.8 Å². The Balaban J connectivity index is 2.06. The van der Waals surface area contributed by atoms with E-state index in [0.717, 1.165) is 11.6 Å². The molecule has 1 aliphatic carbocycles. The van der Waals surface area contributed by atoms with Crippen LogP contribution in [0.5, 0.6) is 0 Å². The van der Waals surface area contributed by atoms with Crippen molar-refractivity contribution in [2.75, 3.05) is 4.84 Å². The Morgan fingerprint density at radius 2 is 1.53 bits per heavy atom. The molecule has 0 aromatic heterocycles. The predicted octanol–water partition coefficient (Wildman–Crippen LogP) is 4.69. The molecule has 0 aliphatic heterocycles. The molecule has 0 heterocycles. The van der Waals surface area contributed by atoms with Crippen LogP contribution in [-0.2, 0) is 0 Å². The zero-order valence-corrected chi connectivity index (χ0v) is 9.76. The van der Waals surface area contributed by atoms with Crippen LogP contribution in [0.15, 0.2) is 24.3 Å². The van der Waals surface area contributed by atoms with Gasteiger partial charge in [0.15, 0.2) is 0 Å². The van der Waals surface area contributed by atoms with Crippen molar-refractivity contribution in [2.45, 2.75) is 44.4 Å². The molecule has 1 nitrogen and oxygen atoms in total. The second-order valence-electron chi connectivity index (χ2n) is 4.40. The first-order valence-electron chi connectivity index (χ1n) is 5.87. The zero-order valence-electron chi connectivity index (χ0n) is 9.01. The van der Waals surface area contributed by atoms with E-state index < -0.39 is 0 Å². The van der Waals surface area contributed by atoms with E-state index in [9.17, 15) is 0 Å². The maximum absolute atomic E-state index is 5.54. The molecule has 1 N–H and O–H groups in total. The fourth-order valence-electron chi connectivity index (χ4n) is 2.43. The van der Waals surface area contributed by atoms with Gasteiger partial charge in [-0.2, -0.15) is 0 Å². The highest BCUT2D eigenvalue weighted by Crippen LogP contribution is 2.31. The molecule has 0 atom stereocenters. The fraction of sp³-hybridized carbons (Fsp3) is 0.538. The Kier molecular flexibility index (Phi) is 3.90. The molecule has 1 aromatic rings. The van der Waals surface area contributed by atoms with Crippen LogP contribution < -0.4 is 4.84 Å². The molecular formula is C13H18ClN. The van der Waals surface area contributed by atoms with Gasteiger partial charge in [0.1, 0.15) is 0 Å². The molecule has 0 spiro atoms. The van der Waals surface area contributed by atoms with E-state index in [1.807, 2.05) is 0 Å². The summed E-state index contributed by atoms with van der Waals surface area (Å²) < 4.78 is 0. The van der Waals surface area contributed by atoms with Crippen molar-refractivity contribution >= 4 is 17.5 Å². The van der Waals surface area contributed by atoms with Crippen LogP contribution in [0.3, 0.4) is 0 Å². The van der Waals surface area contributed by atoms with Crippen LogP contribution >= 0.6 is 11.8 Å². The first-order valence-corrected chi connectivity index (χ1v) is 6.24. The summed E-state index contributed by atoms with van der Waals surface area (Å²) in [4.78, 5) is 2.64. The molecule has 1 aliphatic rings. The van der Waals surface area contributed by atoms with Gasteiger partial charge in [0, 0.05) is 17.5 Å². The molecule has 0 saturated heterocycles. The molecule has 82 valence electrons. The van der Waals surface area contributed by atoms with Crippen molar-refractivity contribution in [1.82, 2.24) is 0 Å². The van der Waals surface area contributed by atoms with Gasteiger partial charge in [-0.05, 0) is 36.5 Å². The van der Waals surface area contributed by atoms with Crippen LogP contribution in [-0.4, -0.2) is 0 Å². The van der Waals surface area contributed by atoms with E-state index in [-0.39, 0.29) is 0 Å². The summed E-state index contributed by atoms with van der Waals surface area (Å²) >= 11 is 5.54. The van der Waals surface area contributed by atoms with Gasteiger partial charge in [-0.25, -0.2) is 0 Å². The van der Waals surface area contributed by atoms with Gasteiger partial charge in [0.25, 0.3) is 0 Å². The van der Waals surface area contributed by atoms with Crippen molar-refractivity contribution < 1.29 is 0 Å². The Bertz CT molecular complexity index is 286. The smallest absolute Gasteiger partial charge is 0.0491 e. The van der Waals surface area contributed by atoms with E-state index >= 15 is 0 Å². The second-order valence-corrected chi connectivity index (χ2v) is 4.59. The Labute approximate surface area is 96.9 Å². The zero-order chi connectivity index (χ0) is 10.5. The van der Waals surface area contributed by atoms with Crippen LogP contribution in [0, 0.1) is 0 Å². The number of anilines is 1. The molecule has 2 rings (SSSR count). The summed E-state index contributed by atoms with van der Waals surface area (Å²) in [5, 5.41) is 0. The van der Waals surface area contributed by atoms with Crippen molar-refractivity contribution in [3.8, 4) is 0 Å². The average Bonchev–Trinajstić information content (AvgIpc) is 2.58. The molecular weight excluding hydrogens is 206 g/mol. The lowest BCUT2D eigenvalue weighted by molar-refractivity contribution is 0.592. The average molecular weight is 224 g/mol. The number of benzene rings is 1. The van der Waals surface area contributed by atoms with Crippen LogP contribution in [0.25, 0.3) is 0 Å². The lowest BCUT2D eigenvalue weighted by Gasteiger charge is -2.14. The molecule has 0 unspecified atom stereocenters. The Hall–Kier alpha value is -0.690. The monoisotopic (exact) mass is 223 g/mol. The minimum absolute atomic E-state index is 0.775. The second kappa shape index (κ2) is 5.41.